The zero-order valence-corrected chi connectivity index (χ0v) is 12.6. The highest BCUT2D eigenvalue weighted by atomic mass is 16.5. The van der Waals surface area contributed by atoms with Crippen LogP contribution in [0.4, 0.5) is 5.69 Å². The Morgan fingerprint density at radius 2 is 2.20 bits per heavy atom. The highest BCUT2D eigenvalue weighted by Gasteiger charge is 2.40. The van der Waals surface area contributed by atoms with Gasteiger partial charge in [-0.15, -0.1) is 0 Å². The summed E-state index contributed by atoms with van der Waals surface area (Å²) in [6.07, 6.45) is 2.87. The Kier molecular flexibility index (Phi) is 4.65. The van der Waals surface area contributed by atoms with Gasteiger partial charge in [-0.2, -0.15) is 0 Å². The number of nitrogens with one attached hydrogen (secondary N) is 1. The van der Waals surface area contributed by atoms with E-state index in [-0.39, 0.29) is 11.3 Å². The van der Waals surface area contributed by atoms with E-state index in [1.807, 2.05) is 31.3 Å². The van der Waals surface area contributed by atoms with E-state index in [0.29, 0.717) is 0 Å². The van der Waals surface area contributed by atoms with Gasteiger partial charge in [0.2, 0.25) is 5.91 Å². The second-order valence-electron chi connectivity index (χ2n) is 5.45. The first-order valence-electron chi connectivity index (χ1n) is 7.26. The first-order chi connectivity index (χ1) is 9.64. The molecule has 1 aromatic carbocycles. The number of hydrogen-bond acceptors (Lipinski definition) is 3. The second-order valence-corrected chi connectivity index (χ2v) is 5.45. The van der Waals surface area contributed by atoms with Gasteiger partial charge in [0.05, 0.1) is 18.2 Å². The van der Waals surface area contributed by atoms with Gasteiger partial charge in [-0.3, -0.25) is 4.79 Å². The van der Waals surface area contributed by atoms with Gasteiger partial charge < -0.3 is 15.0 Å². The quantitative estimate of drug-likeness (QED) is 0.918. The number of para-hydroxylation sites is 2. The summed E-state index contributed by atoms with van der Waals surface area (Å²) in [6, 6.07) is 7.66. The monoisotopic (exact) mass is 276 g/mol. The largest absolute Gasteiger partial charge is 0.495 e. The van der Waals surface area contributed by atoms with Crippen LogP contribution < -0.4 is 15.0 Å². The molecule has 1 aliphatic rings. The lowest BCUT2D eigenvalue weighted by Gasteiger charge is -2.38. The molecule has 4 nitrogen and oxygen atoms in total. The molecule has 1 fully saturated rings. The summed E-state index contributed by atoms with van der Waals surface area (Å²) in [7, 11) is 3.47. The average Bonchev–Trinajstić information content (AvgIpc) is 2.54. The van der Waals surface area contributed by atoms with Crippen LogP contribution in [0.2, 0.25) is 0 Å². The molecule has 0 spiro atoms. The third kappa shape index (κ3) is 2.66. The molecule has 1 saturated heterocycles. The van der Waals surface area contributed by atoms with E-state index < -0.39 is 0 Å². The highest BCUT2D eigenvalue weighted by Crippen LogP contribution is 2.35. The molecular weight excluding hydrogens is 252 g/mol. The van der Waals surface area contributed by atoms with Crippen LogP contribution >= 0.6 is 0 Å². The Hall–Kier alpha value is -1.55. The molecule has 1 amide bonds. The molecule has 1 aliphatic heterocycles. The van der Waals surface area contributed by atoms with Crippen molar-refractivity contribution in [3.63, 3.8) is 0 Å². The first kappa shape index (κ1) is 14.9. The Bertz CT molecular complexity index is 467. The third-order valence-corrected chi connectivity index (χ3v) is 4.35. The summed E-state index contributed by atoms with van der Waals surface area (Å²) in [5.41, 5.74) is 0.548. The summed E-state index contributed by atoms with van der Waals surface area (Å²) in [4.78, 5) is 14.7. The van der Waals surface area contributed by atoms with Crippen molar-refractivity contribution < 1.29 is 9.53 Å². The van der Waals surface area contributed by atoms with Crippen LogP contribution in [0, 0.1) is 5.41 Å². The van der Waals surface area contributed by atoms with Crippen molar-refractivity contribution in [3.05, 3.63) is 24.3 Å². The number of benzene rings is 1. The fraction of sp³-hybridized carbons (Fsp3) is 0.562. The number of hydrogen-bond donors (Lipinski definition) is 1. The lowest BCUT2D eigenvalue weighted by Crippen LogP contribution is -2.50. The molecule has 0 aromatic heterocycles. The van der Waals surface area contributed by atoms with Crippen molar-refractivity contribution in [1.29, 1.82) is 0 Å². The zero-order valence-electron chi connectivity index (χ0n) is 12.6. The van der Waals surface area contributed by atoms with E-state index in [1.54, 1.807) is 12.0 Å². The Morgan fingerprint density at radius 3 is 2.80 bits per heavy atom. The number of piperidine rings is 1. The second kappa shape index (κ2) is 6.27. The number of nitrogens with zero attached hydrogens (tertiary/aromatic N) is 1. The molecule has 0 bridgehead atoms. The lowest BCUT2D eigenvalue weighted by molar-refractivity contribution is -0.129. The van der Waals surface area contributed by atoms with Gasteiger partial charge in [0.15, 0.2) is 0 Å². The van der Waals surface area contributed by atoms with E-state index in [9.17, 15) is 4.79 Å². The minimum absolute atomic E-state index is 0.178. The summed E-state index contributed by atoms with van der Waals surface area (Å²) in [5, 5.41) is 3.36. The minimum Gasteiger partial charge on any atom is -0.495 e. The molecule has 20 heavy (non-hydrogen) atoms. The van der Waals surface area contributed by atoms with Gasteiger partial charge in [0.1, 0.15) is 5.75 Å². The Balaban J connectivity index is 2.27. The van der Waals surface area contributed by atoms with Crippen LogP contribution in [-0.2, 0) is 4.79 Å². The van der Waals surface area contributed by atoms with E-state index in [0.717, 1.165) is 43.8 Å². The van der Waals surface area contributed by atoms with Crippen LogP contribution in [0.25, 0.3) is 0 Å². The molecule has 1 heterocycles. The van der Waals surface area contributed by atoms with Crippen molar-refractivity contribution in [2.24, 2.45) is 5.41 Å². The van der Waals surface area contributed by atoms with E-state index in [4.69, 9.17) is 4.74 Å². The maximum absolute atomic E-state index is 13.0. The number of amides is 1. The van der Waals surface area contributed by atoms with E-state index in [2.05, 4.69) is 12.2 Å². The van der Waals surface area contributed by atoms with Gasteiger partial charge in [0.25, 0.3) is 0 Å². The molecule has 1 N–H and O–H groups in total. The maximum atomic E-state index is 13.0. The normalized spacial score (nSPS) is 22.4. The summed E-state index contributed by atoms with van der Waals surface area (Å²) < 4.78 is 5.36. The summed E-state index contributed by atoms with van der Waals surface area (Å²) in [6.45, 7) is 3.87. The molecular formula is C16H24N2O2. The fourth-order valence-corrected chi connectivity index (χ4v) is 2.98. The topological polar surface area (TPSA) is 41.6 Å². The molecule has 0 radical (unpaired) electrons. The number of anilines is 1. The van der Waals surface area contributed by atoms with Gasteiger partial charge in [0, 0.05) is 13.6 Å². The van der Waals surface area contributed by atoms with E-state index in [1.165, 1.54) is 0 Å². The van der Waals surface area contributed by atoms with Crippen molar-refractivity contribution in [3.8, 4) is 5.75 Å². The predicted molar refractivity (Wildman–Crippen MR) is 81.2 cm³/mol. The van der Waals surface area contributed by atoms with Gasteiger partial charge in [-0.05, 0) is 37.9 Å². The Morgan fingerprint density at radius 1 is 1.45 bits per heavy atom. The SMILES string of the molecule is CCC1(C(=O)N(C)c2ccccc2OC)CCCNC1. The molecule has 1 aromatic rings. The van der Waals surface area contributed by atoms with Crippen LogP contribution in [0.15, 0.2) is 24.3 Å². The number of carbonyl (C=O) groups excluding carboxylic acids is 1. The number of ether oxygens (including phenoxy) is 1. The van der Waals surface area contributed by atoms with Crippen LogP contribution in [0.3, 0.4) is 0 Å². The zero-order chi connectivity index (χ0) is 14.6. The van der Waals surface area contributed by atoms with Crippen molar-refractivity contribution in [2.75, 3.05) is 32.1 Å². The minimum atomic E-state index is -0.284. The Labute approximate surface area is 121 Å². The van der Waals surface area contributed by atoms with Gasteiger partial charge in [-0.25, -0.2) is 0 Å². The molecule has 2 rings (SSSR count). The molecule has 1 atom stereocenters. The summed E-state index contributed by atoms with van der Waals surface area (Å²) >= 11 is 0. The molecule has 110 valence electrons. The van der Waals surface area contributed by atoms with Crippen LogP contribution in [-0.4, -0.2) is 33.2 Å². The highest BCUT2D eigenvalue weighted by molar-refractivity contribution is 5.98. The van der Waals surface area contributed by atoms with Crippen molar-refractivity contribution in [1.82, 2.24) is 5.32 Å². The number of rotatable bonds is 4. The number of methoxy groups -OCH3 is 1. The van der Waals surface area contributed by atoms with Gasteiger partial charge in [-0.1, -0.05) is 19.1 Å². The lowest BCUT2D eigenvalue weighted by atomic mass is 9.77. The van der Waals surface area contributed by atoms with Crippen molar-refractivity contribution >= 4 is 11.6 Å². The van der Waals surface area contributed by atoms with Crippen LogP contribution in [0.1, 0.15) is 26.2 Å². The standard InChI is InChI=1S/C16H24N2O2/c1-4-16(10-7-11-17-12-16)15(19)18(2)13-8-5-6-9-14(13)20-3/h5-6,8-9,17H,4,7,10-12H2,1-3H3. The van der Waals surface area contributed by atoms with Crippen molar-refractivity contribution in [2.45, 2.75) is 26.2 Å². The maximum Gasteiger partial charge on any atom is 0.234 e. The molecule has 1 unspecified atom stereocenters. The third-order valence-electron chi connectivity index (χ3n) is 4.35. The summed E-state index contributed by atoms with van der Waals surface area (Å²) in [5.74, 6) is 0.912. The average molecular weight is 276 g/mol. The first-order valence-corrected chi connectivity index (χ1v) is 7.26. The predicted octanol–water partition coefficient (Wildman–Crippen LogP) is 2.44. The smallest absolute Gasteiger partial charge is 0.234 e. The van der Waals surface area contributed by atoms with Crippen LogP contribution in [0.5, 0.6) is 5.75 Å². The van der Waals surface area contributed by atoms with E-state index >= 15 is 0 Å². The molecule has 4 heteroatoms. The van der Waals surface area contributed by atoms with Gasteiger partial charge >= 0.3 is 0 Å². The fourth-order valence-electron chi connectivity index (χ4n) is 2.98. The molecule has 0 aliphatic carbocycles. The molecule has 0 saturated carbocycles. The number of carbonyl (C=O) groups is 1.